The van der Waals surface area contributed by atoms with Gasteiger partial charge in [0.05, 0.1) is 0 Å². The van der Waals surface area contributed by atoms with Crippen LogP contribution in [0.3, 0.4) is 0 Å². The van der Waals surface area contributed by atoms with Crippen molar-refractivity contribution in [3.63, 3.8) is 0 Å². The normalized spacial score (nSPS) is 10.2. The van der Waals surface area contributed by atoms with Crippen molar-refractivity contribution in [1.82, 2.24) is 9.97 Å². The van der Waals surface area contributed by atoms with Crippen LogP contribution in [0.5, 0.6) is 0 Å². The molecule has 0 atom stereocenters. The van der Waals surface area contributed by atoms with Crippen molar-refractivity contribution in [2.45, 2.75) is 19.3 Å². The maximum atomic E-state index is 11.7. The molecule has 1 heterocycles. The van der Waals surface area contributed by atoms with Gasteiger partial charge < -0.3 is 5.32 Å². The van der Waals surface area contributed by atoms with Crippen LogP contribution in [0.25, 0.3) is 0 Å². The van der Waals surface area contributed by atoms with E-state index >= 15 is 0 Å². The second-order valence-corrected chi connectivity index (χ2v) is 4.44. The first-order chi connectivity index (χ1) is 9.24. The van der Waals surface area contributed by atoms with Gasteiger partial charge in [0.1, 0.15) is 5.82 Å². The number of aromatic nitrogens is 2. The van der Waals surface area contributed by atoms with Crippen LogP contribution in [0, 0.1) is 0 Å². The van der Waals surface area contributed by atoms with Gasteiger partial charge in [0.15, 0.2) is 0 Å². The van der Waals surface area contributed by atoms with E-state index in [0.29, 0.717) is 12.2 Å². The number of hydrogen-bond acceptors (Lipinski definition) is 3. The molecule has 4 nitrogen and oxygen atoms in total. The smallest absolute Gasteiger partial charge is 0.225 e. The predicted octanol–water partition coefficient (Wildman–Crippen LogP) is 3.09. The van der Waals surface area contributed by atoms with Gasteiger partial charge in [-0.25, -0.2) is 9.97 Å². The Kier molecular flexibility index (Phi) is 4.86. The minimum Gasteiger partial charge on any atom is -0.311 e. The van der Waals surface area contributed by atoms with E-state index in [2.05, 4.69) is 27.4 Å². The van der Waals surface area contributed by atoms with Gasteiger partial charge in [0.25, 0.3) is 0 Å². The van der Waals surface area contributed by atoms with Crippen molar-refractivity contribution >= 4 is 23.3 Å². The molecule has 0 bridgehead atoms. The number of nitrogens with zero attached hydrogens (tertiary/aromatic N) is 2. The Bertz CT molecular complexity index is 545. The zero-order valence-corrected chi connectivity index (χ0v) is 11.1. The first kappa shape index (κ1) is 13.5. The minimum atomic E-state index is -0.0642. The fraction of sp³-hybridized carbons (Fsp3) is 0.214. The molecule has 0 fully saturated rings. The number of halogens is 1. The molecule has 1 amide bonds. The predicted molar refractivity (Wildman–Crippen MR) is 75.1 cm³/mol. The highest BCUT2D eigenvalue weighted by atomic mass is 35.5. The van der Waals surface area contributed by atoms with Crippen LogP contribution >= 0.6 is 11.6 Å². The van der Waals surface area contributed by atoms with Crippen molar-refractivity contribution in [1.29, 1.82) is 0 Å². The molecular formula is C14H14ClN3O. The molecule has 2 rings (SSSR count). The van der Waals surface area contributed by atoms with E-state index in [1.807, 2.05) is 18.2 Å². The number of aryl methyl sites for hydroxylation is 1. The first-order valence-corrected chi connectivity index (χ1v) is 6.44. The van der Waals surface area contributed by atoms with Crippen molar-refractivity contribution < 1.29 is 4.79 Å². The van der Waals surface area contributed by atoms with Gasteiger partial charge in [0.2, 0.25) is 11.2 Å². The molecule has 0 saturated carbocycles. The molecule has 98 valence electrons. The Balaban J connectivity index is 1.76. The molecule has 1 N–H and O–H groups in total. The first-order valence-electron chi connectivity index (χ1n) is 6.06. The summed E-state index contributed by atoms with van der Waals surface area (Å²) in [7, 11) is 0. The van der Waals surface area contributed by atoms with Crippen molar-refractivity contribution in [2.24, 2.45) is 0 Å². The summed E-state index contributed by atoms with van der Waals surface area (Å²) in [4.78, 5) is 19.4. The molecular weight excluding hydrogens is 262 g/mol. The Morgan fingerprint density at radius 3 is 2.74 bits per heavy atom. The fourth-order valence-electron chi connectivity index (χ4n) is 1.71. The molecule has 0 aliphatic carbocycles. The zero-order valence-electron chi connectivity index (χ0n) is 10.3. The average molecular weight is 276 g/mol. The van der Waals surface area contributed by atoms with Crippen molar-refractivity contribution in [2.75, 3.05) is 5.32 Å². The van der Waals surface area contributed by atoms with E-state index in [1.54, 1.807) is 6.07 Å². The molecule has 0 aliphatic heterocycles. The van der Waals surface area contributed by atoms with Crippen LogP contribution in [-0.2, 0) is 11.2 Å². The van der Waals surface area contributed by atoms with Crippen LogP contribution in [0.1, 0.15) is 18.4 Å². The highest BCUT2D eigenvalue weighted by molar-refractivity contribution is 6.28. The molecule has 0 unspecified atom stereocenters. The van der Waals surface area contributed by atoms with E-state index in [1.165, 1.54) is 11.8 Å². The Labute approximate surface area is 116 Å². The second kappa shape index (κ2) is 6.85. The number of anilines is 1. The molecule has 0 spiro atoms. The average Bonchev–Trinajstić information content (AvgIpc) is 2.40. The third kappa shape index (κ3) is 4.67. The van der Waals surface area contributed by atoms with Crippen LogP contribution < -0.4 is 5.32 Å². The number of carbonyl (C=O) groups excluding carboxylic acids is 1. The van der Waals surface area contributed by atoms with Crippen LogP contribution in [0.2, 0.25) is 5.28 Å². The fourth-order valence-corrected chi connectivity index (χ4v) is 1.86. The topological polar surface area (TPSA) is 54.9 Å². The third-order valence-corrected chi connectivity index (χ3v) is 2.79. The molecule has 19 heavy (non-hydrogen) atoms. The van der Waals surface area contributed by atoms with E-state index in [0.717, 1.165) is 12.8 Å². The van der Waals surface area contributed by atoms with Gasteiger partial charge in [0, 0.05) is 12.6 Å². The lowest BCUT2D eigenvalue weighted by atomic mass is 10.1. The summed E-state index contributed by atoms with van der Waals surface area (Å²) in [6.45, 7) is 0. The van der Waals surface area contributed by atoms with Gasteiger partial charge in [-0.15, -0.1) is 0 Å². The molecule has 1 aromatic carbocycles. The minimum absolute atomic E-state index is 0.0642. The lowest BCUT2D eigenvalue weighted by molar-refractivity contribution is -0.116. The molecule has 2 aromatic rings. The number of nitrogens with one attached hydrogen (secondary N) is 1. The summed E-state index contributed by atoms with van der Waals surface area (Å²) in [5.74, 6) is 0.371. The lowest BCUT2D eigenvalue weighted by Crippen LogP contribution is -2.12. The number of carbonyl (C=O) groups is 1. The lowest BCUT2D eigenvalue weighted by Gasteiger charge is -2.04. The largest absolute Gasteiger partial charge is 0.311 e. The van der Waals surface area contributed by atoms with Crippen molar-refractivity contribution in [3.05, 3.63) is 53.4 Å². The maximum Gasteiger partial charge on any atom is 0.225 e. The molecule has 1 aromatic heterocycles. The highest BCUT2D eigenvalue weighted by Crippen LogP contribution is 2.08. The summed E-state index contributed by atoms with van der Waals surface area (Å²) in [5.41, 5.74) is 1.24. The Morgan fingerprint density at radius 1 is 1.21 bits per heavy atom. The quantitative estimate of drug-likeness (QED) is 0.853. The summed E-state index contributed by atoms with van der Waals surface area (Å²) in [6, 6.07) is 11.7. The van der Waals surface area contributed by atoms with Gasteiger partial charge in [-0.2, -0.15) is 0 Å². The number of benzene rings is 1. The van der Waals surface area contributed by atoms with E-state index in [4.69, 9.17) is 11.6 Å². The number of amides is 1. The molecule has 0 aliphatic rings. The number of hydrogen-bond donors (Lipinski definition) is 1. The Hall–Kier alpha value is -1.94. The highest BCUT2D eigenvalue weighted by Gasteiger charge is 2.04. The zero-order chi connectivity index (χ0) is 13.5. The standard InChI is InChI=1S/C14H14ClN3O/c15-14-16-10-9-12(18-14)17-13(19)8-4-7-11-5-2-1-3-6-11/h1-3,5-6,9-10H,4,7-8H2,(H,16,17,18,19). The van der Waals surface area contributed by atoms with Gasteiger partial charge in [-0.3, -0.25) is 4.79 Å². The van der Waals surface area contributed by atoms with Crippen LogP contribution in [0.15, 0.2) is 42.6 Å². The molecule has 5 heteroatoms. The van der Waals surface area contributed by atoms with Crippen LogP contribution in [-0.4, -0.2) is 15.9 Å². The van der Waals surface area contributed by atoms with Crippen LogP contribution in [0.4, 0.5) is 5.82 Å². The number of rotatable bonds is 5. The molecule has 0 radical (unpaired) electrons. The van der Waals surface area contributed by atoms with Gasteiger partial charge in [-0.1, -0.05) is 30.3 Å². The molecule has 0 saturated heterocycles. The van der Waals surface area contributed by atoms with E-state index < -0.39 is 0 Å². The second-order valence-electron chi connectivity index (χ2n) is 4.10. The third-order valence-electron chi connectivity index (χ3n) is 2.61. The van der Waals surface area contributed by atoms with E-state index in [-0.39, 0.29) is 11.2 Å². The SMILES string of the molecule is O=C(CCCc1ccccc1)Nc1ccnc(Cl)n1. The summed E-state index contributed by atoms with van der Waals surface area (Å²) in [6.07, 6.45) is 3.65. The monoisotopic (exact) mass is 275 g/mol. The van der Waals surface area contributed by atoms with Crippen molar-refractivity contribution in [3.8, 4) is 0 Å². The van der Waals surface area contributed by atoms with E-state index in [9.17, 15) is 4.79 Å². The maximum absolute atomic E-state index is 11.7. The van der Waals surface area contributed by atoms with Gasteiger partial charge >= 0.3 is 0 Å². The van der Waals surface area contributed by atoms with Gasteiger partial charge in [-0.05, 0) is 36.1 Å². The summed E-state index contributed by atoms with van der Waals surface area (Å²) >= 11 is 5.64. The summed E-state index contributed by atoms with van der Waals surface area (Å²) in [5, 5.41) is 2.82. The summed E-state index contributed by atoms with van der Waals surface area (Å²) < 4.78 is 0. The Morgan fingerprint density at radius 2 is 2.00 bits per heavy atom.